The van der Waals surface area contributed by atoms with Gasteiger partial charge >= 0.3 is 0 Å². The van der Waals surface area contributed by atoms with E-state index in [1.807, 2.05) is 0 Å². The van der Waals surface area contributed by atoms with Crippen molar-refractivity contribution in [3.05, 3.63) is 217 Å². The van der Waals surface area contributed by atoms with Crippen molar-refractivity contribution in [2.75, 3.05) is 9.80 Å². The van der Waals surface area contributed by atoms with Gasteiger partial charge in [-0.05, 0) is 141 Å². The third kappa shape index (κ3) is 7.35. The van der Waals surface area contributed by atoms with Crippen LogP contribution in [-0.2, 0) is 10.8 Å². The predicted molar refractivity (Wildman–Crippen MR) is 247 cm³/mol. The van der Waals surface area contributed by atoms with E-state index in [4.69, 9.17) is 0 Å². The molecule has 0 amide bonds. The molecule has 0 heterocycles. The van der Waals surface area contributed by atoms with E-state index in [0.29, 0.717) is 0 Å². The molecule has 0 atom stereocenters. The maximum absolute atomic E-state index is 2.46. The molecule has 0 saturated heterocycles. The molecule has 8 aromatic carbocycles. The molecule has 8 aromatic rings. The van der Waals surface area contributed by atoms with Gasteiger partial charge in [0, 0.05) is 34.1 Å². The van der Waals surface area contributed by atoms with Gasteiger partial charge in [0.25, 0.3) is 0 Å². The molecular formula is C56H50N2. The van der Waals surface area contributed by atoms with Gasteiger partial charge in [0.1, 0.15) is 0 Å². The van der Waals surface area contributed by atoms with Crippen molar-refractivity contribution in [3.63, 3.8) is 0 Å². The van der Waals surface area contributed by atoms with Crippen molar-refractivity contribution >= 4 is 34.1 Å². The summed E-state index contributed by atoms with van der Waals surface area (Å²) in [6.07, 6.45) is 2.38. The highest BCUT2D eigenvalue weighted by atomic mass is 15.1. The van der Waals surface area contributed by atoms with Gasteiger partial charge in [-0.15, -0.1) is 0 Å². The van der Waals surface area contributed by atoms with E-state index in [1.165, 1.54) is 63.0 Å². The van der Waals surface area contributed by atoms with Gasteiger partial charge in [0.15, 0.2) is 0 Å². The van der Waals surface area contributed by atoms with Crippen molar-refractivity contribution in [3.8, 4) is 33.4 Å². The van der Waals surface area contributed by atoms with Crippen molar-refractivity contribution in [2.24, 2.45) is 0 Å². The molecule has 0 aromatic heterocycles. The number of hydrogen-bond donors (Lipinski definition) is 0. The number of fused-ring (bicyclic) bond motifs is 1. The van der Waals surface area contributed by atoms with Crippen LogP contribution in [0.5, 0.6) is 0 Å². The van der Waals surface area contributed by atoms with Gasteiger partial charge in [-0.1, -0.05) is 161 Å². The molecule has 0 unspecified atom stereocenters. The summed E-state index contributed by atoms with van der Waals surface area (Å²) in [6.45, 7) is 9.61. The molecule has 58 heavy (non-hydrogen) atoms. The van der Waals surface area contributed by atoms with Crippen molar-refractivity contribution in [1.29, 1.82) is 0 Å². The van der Waals surface area contributed by atoms with E-state index in [9.17, 15) is 0 Å². The Morgan fingerprint density at radius 1 is 0.276 bits per heavy atom. The monoisotopic (exact) mass is 750 g/mol. The number of hydrogen-bond acceptors (Lipinski definition) is 2. The Balaban J connectivity index is 1.05. The van der Waals surface area contributed by atoms with Crippen LogP contribution in [0.4, 0.5) is 34.1 Å². The summed E-state index contributed by atoms with van der Waals surface area (Å²) in [6, 6.07) is 74.9. The lowest BCUT2D eigenvalue weighted by Gasteiger charge is -2.42. The number of rotatable bonds is 9. The van der Waals surface area contributed by atoms with E-state index in [2.05, 4.69) is 244 Å². The first-order valence-electron chi connectivity index (χ1n) is 20.6. The minimum atomic E-state index is 0.113. The molecule has 284 valence electrons. The second kappa shape index (κ2) is 15.4. The topological polar surface area (TPSA) is 6.48 Å². The van der Waals surface area contributed by atoms with Crippen LogP contribution in [-0.4, -0.2) is 0 Å². The first-order chi connectivity index (χ1) is 28.2. The Bertz CT molecular complexity index is 2610. The highest BCUT2D eigenvalue weighted by Gasteiger charge is 2.37. The average Bonchev–Trinajstić information content (AvgIpc) is 3.27. The molecule has 2 heteroatoms. The van der Waals surface area contributed by atoms with E-state index in [1.54, 1.807) is 0 Å². The van der Waals surface area contributed by atoms with Crippen LogP contribution >= 0.6 is 0 Å². The van der Waals surface area contributed by atoms with Gasteiger partial charge in [-0.3, -0.25) is 0 Å². The standard InChI is InChI=1S/C56H50N2/c1-55(2)38-39-56(3,4)54-40-52(36-37-53(54)55)58(50-32-22-44(23-33-50)42-16-10-6-11-17-42)51-34-26-46(27-35-51)45-24-30-49(31-25-45)57(47-18-12-7-13-19-47)48-28-20-43(21-29-48)41-14-8-5-9-15-41/h5-37,40H,38-39H2,1-4H3. The Morgan fingerprint density at radius 3 is 0.931 bits per heavy atom. The summed E-state index contributed by atoms with van der Waals surface area (Å²) in [5.74, 6) is 0. The van der Waals surface area contributed by atoms with Gasteiger partial charge < -0.3 is 9.80 Å². The SMILES string of the molecule is CC1(C)CCC(C)(C)c2cc(N(c3ccc(-c4ccccc4)cc3)c3ccc(-c4ccc(N(c5ccccc5)c5ccc(-c6ccccc6)cc5)cc4)cc3)ccc21. The minimum absolute atomic E-state index is 0.113. The quantitative estimate of drug-likeness (QED) is 0.145. The zero-order valence-corrected chi connectivity index (χ0v) is 33.9. The van der Waals surface area contributed by atoms with E-state index >= 15 is 0 Å². The second-order valence-corrected chi connectivity index (χ2v) is 16.9. The molecule has 0 radical (unpaired) electrons. The maximum Gasteiger partial charge on any atom is 0.0464 e. The third-order valence-electron chi connectivity index (χ3n) is 12.2. The third-order valence-corrected chi connectivity index (χ3v) is 12.2. The predicted octanol–water partition coefficient (Wildman–Crippen LogP) is 16.0. The molecular weight excluding hydrogens is 701 g/mol. The Morgan fingerprint density at radius 2 is 0.552 bits per heavy atom. The molecule has 0 N–H and O–H groups in total. The molecule has 0 aliphatic heterocycles. The highest BCUT2D eigenvalue weighted by molar-refractivity contribution is 5.82. The van der Waals surface area contributed by atoms with Gasteiger partial charge in [0.2, 0.25) is 0 Å². The first kappa shape index (κ1) is 37.0. The summed E-state index contributed by atoms with van der Waals surface area (Å²) in [5, 5.41) is 0. The lowest BCUT2D eigenvalue weighted by molar-refractivity contribution is 0.332. The molecule has 2 nitrogen and oxygen atoms in total. The molecule has 0 spiro atoms. The fraction of sp³-hybridized carbons (Fsp3) is 0.143. The zero-order chi connectivity index (χ0) is 39.7. The Kier molecular flexibility index (Phi) is 9.79. The number of anilines is 6. The number of para-hydroxylation sites is 1. The van der Waals surface area contributed by atoms with Crippen LogP contribution in [0.25, 0.3) is 33.4 Å². The van der Waals surface area contributed by atoms with Crippen LogP contribution < -0.4 is 9.80 Å². The van der Waals surface area contributed by atoms with E-state index < -0.39 is 0 Å². The molecule has 0 fully saturated rings. The summed E-state index contributed by atoms with van der Waals surface area (Å²) in [7, 11) is 0. The van der Waals surface area contributed by atoms with Crippen LogP contribution in [0.15, 0.2) is 206 Å². The lowest BCUT2D eigenvalue weighted by atomic mass is 9.63. The molecule has 0 bridgehead atoms. The van der Waals surface area contributed by atoms with Gasteiger partial charge in [-0.2, -0.15) is 0 Å². The molecule has 1 aliphatic rings. The summed E-state index contributed by atoms with van der Waals surface area (Å²) in [4.78, 5) is 4.74. The van der Waals surface area contributed by atoms with Crippen LogP contribution in [0.2, 0.25) is 0 Å². The van der Waals surface area contributed by atoms with Crippen LogP contribution in [0, 0.1) is 0 Å². The fourth-order valence-corrected chi connectivity index (χ4v) is 8.66. The minimum Gasteiger partial charge on any atom is -0.311 e. The van der Waals surface area contributed by atoms with E-state index in [-0.39, 0.29) is 10.8 Å². The summed E-state index contributed by atoms with van der Waals surface area (Å²) in [5.41, 5.74) is 17.2. The lowest BCUT2D eigenvalue weighted by Crippen LogP contribution is -2.34. The van der Waals surface area contributed by atoms with Crippen LogP contribution in [0.3, 0.4) is 0 Å². The van der Waals surface area contributed by atoms with Gasteiger partial charge in [0.05, 0.1) is 0 Å². The van der Waals surface area contributed by atoms with Crippen molar-refractivity contribution in [1.82, 2.24) is 0 Å². The van der Waals surface area contributed by atoms with E-state index in [0.717, 1.165) is 28.4 Å². The fourth-order valence-electron chi connectivity index (χ4n) is 8.66. The zero-order valence-electron chi connectivity index (χ0n) is 33.9. The second-order valence-electron chi connectivity index (χ2n) is 16.9. The Labute approximate surface area is 344 Å². The van der Waals surface area contributed by atoms with Crippen LogP contribution in [0.1, 0.15) is 51.7 Å². The summed E-state index contributed by atoms with van der Waals surface area (Å²) < 4.78 is 0. The normalized spacial score (nSPS) is 14.0. The van der Waals surface area contributed by atoms with Crippen molar-refractivity contribution in [2.45, 2.75) is 51.4 Å². The highest BCUT2D eigenvalue weighted by Crippen LogP contribution is 2.48. The Hall–Kier alpha value is -6.64. The largest absolute Gasteiger partial charge is 0.311 e. The number of benzene rings is 8. The van der Waals surface area contributed by atoms with Crippen molar-refractivity contribution < 1.29 is 0 Å². The van der Waals surface area contributed by atoms with Gasteiger partial charge in [-0.25, -0.2) is 0 Å². The molecule has 0 saturated carbocycles. The molecule has 1 aliphatic carbocycles. The first-order valence-corrected chi connectivity index (χ1v) is 20.6. The smallest absolute Gasteiger partial charge is 0.0464 e. The number of nitrogens with zero attached hydrogens (tertiary/aromatic N) is 2. The summed E-state index contributed by atoms with van der Waals surface area (Å²) >= 11 is 0. The average molecular weight is 751 g/mol. The maximum atomic E-state index is 2.46. The molecule has 9 rings (SSSR count).